The monoisotopic (exact) mass is 553 g/mol. The fraction of sp³-hybridized carbons (Fsp3) is 0.0526. The number of fused-ring (bicyclic) bond motifs is 6. The molecule has 0 spiro atoms. The van der Waals surface area contributed by atoms with E-state index in [4.69, 9.17) is 9.97 Å². The van der Waals surface area contributed by atoms with E-state index in [-0.39, 0.29) is 0 Å². The Hall–Kier alpha value is -5.06. The second kappa shape index (κ2) is 8.48. The molecule has 0 amide bonds. The van der Waals surface area contributed by atoms with Crippen molar-refractivity contribution in [2.45, 2.75) is 13.1 Å². The quantitative estimate of drug-likeness (QED) is 0.201. The van der Waals surface area contributed by atoms with E-state index in [2.05, 4.69) is 139 Å². The first-order valence-electron chi connectivity index (χ1n) is 14.5. The Labute approximate surface area is 244 Å². The molecule has 9 rings (SSSR count). The van der Waals surface area contributed by atoms with Crippen LogP contribution in [0.3, 0.4) is 0 Å². The Kier molecular flexibility index (Phi) is 4.77. The Morgan fingerprint density at radius 2 is 1.29 bits per heavy atom. The standard InChI is InChI=1S/C38H27N3Si/c1-42(2)34-21-11-15-24-14-10-18-27(36(24)34)30-22-29-26-16-7-9-20-32(26)41(33(29)23-35(30)42)38-39-31-19-8-6-17-28(31)37(40-38)25-12-4-3-5-13-25/h3-23H,1-2H3. The molecule has 198 valence electrons. The van der Waals surface area contributed by atoms with E-state index in [0.717, 1.165) is 33.2 Å². The largest absolute Gasteiger partial charge is 0.278 e. The van der Waals surface area contributed by atoms with Crippen molar-refractivity contribution in [2.24, 2.45) is 0 Å². The first kappa shape index (κ1) is 23.6. The topological polar surface area (TPSA) is 30.7 Å². The molecule has 8 aromatic rings. The predicted molar refractivity (Wildman–Crippen MR) is 179 cm³/mol. The van der Waals surface area contributed by atoms with Crippen molar-refractivity contribution >= 4 is 61.9 Å². The van der Waals surface area contributed by atoms with Crippen LogP contribution < -0.4 is 10.4 Å². The Balaban J connectivity index is 1.41. The van der Waals surface area contributed by atoms with E-state index < -0.39 is 8.07 Å². The first-order chi connectivity index (χ1) is 20.6. The summed E-state index contributed by atoms with van der Waals surface area (Å²) in [5.74, 6) is 0.705. The highest BCUT2D eigenvalue weighted by atomic mass is 28.3. The third-order valence-electron chi connectivity index (χ3n) is 9.19. The van der Waals surface area contributed by atoms with Crippen molar-refractivity contribution in [3.63, 3.8) is 0 Å². The van der Waals surface area contributed by atoms with Gasteiger partial charge in [0.2, 0.25) is 5.95 Å². The molecule has 0 saturated carbocycles. The van der Waals surface area contributed by atoms with Gasteiger partial charge in [-0.25, -0.2) is 9.97 Å². The maximum absolute atomic E-state index is 5.29. The molecule has 2 aromatic heterocycles. The van der Waals surface area contributed by atoms with Gasteiger partial charge in [-0.3, -0.25) is 4.57 Å². The molecule has 0 bridgehead atoms. The van der Waals surface area contributed by atoms with Gasteiger partial charge < -0.3 is 0 Å². The Bertz CT molecular complexity index is 2380. The first-order valence-corrected chi connectivity index (χ1v) is 17.5. The van der Waals surface area contributed by atoms with Crippen LogP contribution in [0.25, 0.3) is 71.8 Å². The van der Waals surface area contributed by atoms with Crippen LogP contribution in [-0.2, 0) is 0 Å². The summed E-state index contributed by atoms with van der Waals surface area (Å²) < 4.78 is 2.29. The van der Waals surface area contributed by atoms with Crippen LogP contribution in [0.1, 0.15) is 0 Å². The minimum Gasteiger partial charge on any atom is -0.278 e. The molecule has 0 atom stereocenters. The lowest BCUT2D eigenvalue weighted by Gasteiger charge is -2.33. The van der Waals surface area contributed by atoms with E-state index in [1.54, 1.807) is 0 Å². The highest BCUT2D eigenvalue weighted by Gasteiger charge is 2.36. The molecule has 0 N–H and O–H groups in total. The summed E-state index contributed by atoms with van der Waals surface area (Å²) in [5, 5.41) is 9.26. The van der Waals surface area contributed by atoms with Crippen LogP contribution in [0.5, 0.6) is 0 Å². The van der Waals surface area contributed by atoms with Crippen molar-refractivity contribution in [3.05, 3.63) is 127 Å². The van der Waals surface area contributed by atoms with Crippen LogP contribution in [0.15, 0.2) is 127 Å². The maximum atomic E-state index is 5.29. The summed E-state index contributed by atoms with van der Waals surface area (Å²) in [6.07, 6.45) is 0. The van der Waals surface area contributed by atoms with Gasteiger partial charge in [-0.2, -0.15) is 0 Å². The van der Waals surface area contributed by atoms with E-state index in [0.29, 0.717) is 5.95 Å². The van der Waals surface area contributed by atoms with Crippen LogP contribution in [-0.4, -0.2) is 22.6 Å². The van der Waals surface area contributed by atoms with E-state index >= 15 is 0 Å². The molecule has 3 nitrogen and oxygen atoms in total. The number of hydrogen-bond acceptors (Lipinski definition) is 2. The maximum Gasteiger partial charge on any atom is 0.235 e. The van der Waals surface area contributed by atoms with Gasteiger partial charge in [-0.1, -0.05) is 116 Å². The number of para-hydroxylation sites is 2. The molecule has 4 heteroatoms. The zero-order chi connectivity index (χ0) is 28.0. The van der Waals surface area contributed by atoms with Crippen molar-refractivity contribution in [1.29, 1.82) is 0 Å². The molecular weight excluding hydrogens is 527 g/mol. The second-order valence-electron chi connectivity index (χ2n) is 11.9. The van der Waals surface area contributed by atoms with Crippen LogP contribution in [0.4, 0.5) is 0 Å². The van der Waals surface area contributed by atoms with E-state index in [1.165, 1.54) is 43.0 Å². The molecule has 0 fully saturated rings. The summed E-state index contributed by atoms with van der Waals surface area (Å²) in [7, 11) is -2.01. The van der Waals surface area contributed by atoms with Crippen molar-refractivity contribution in [2.75, 3.05) is 0 Å². The lowest BCUT2D eigenvalue weighted by atomic mass is 9.96. The summed E-state index contributed by atoms with van der Waals surface area (Å²) in [5.41, 5.74) is 7.99. The van der Waals surface area contributed by atoms with Crippen molar-refractivity contribution in [3.8, 4) is 28.3 Å². The molecular formula is C38H27N3Si. The van der Waals surface area contributed by atoms with Crippen molar-refractivity contribution < 1.29 is 0 Å². The summed E-state index contributed by atoms with van der Waals surface area (Å²) in [6.45, 7) is 4.99. The molecule has 0 unspecified atom stereocenters. The third kappa shape index (κ3) is 3.15. The van der Waals surface area contributed by atoms with Gasteiger partial charge in [0, 0.05) is 21.7 Å². The molecule has 0 saturated heterocycles. The number of nitrogens with zero attached hydrogens (tertiary/aromatic N) is 3. The average Bonchev–Trinajstić information content (AvgIpc) is 3.36. The van der Waals surface area contributed by atoms with E-state index in [9.17, 15) is 0 Å². The molecule has 1 aliphatic rings. The summed E-state index contributed by atoms with van der Waals surface area (Å²) in [6, 6.07) is 46.0. The predicted octanol–water partition coefficient (Wildman–Crippen LogP) is 8.35. The molecule has 42 heavy (non-hydrogen) atoms. The number of aromatic nitrogens is 3. The Morgan fingerprint density at radius 1 is 0.548 bits per heavy atom. The van der Waals surface area contributed by atoms with Crippen molar-refractivity contribution in [1.82, 2.24) is 14.5 Å². The van der Waals surface area contributed by atoms with Gasteiger partial charge in [0.1, 0.15) is 8.07 Å². The molecule has 3 heterocycles. The van der Waals surface area contributed by atoms with Gasteiger partial charge in [0.15, 0.2) is 0 Å². The highest BCUT2D eigenvalue weighted by Crippen LogP contribution is 2.39. The van der Waals surface area contributed by atoms with E-state index in [1.807, 2.05) is 6.07 Å². The van der Waals surface area contributed by atoms with Crippen LogP contribution in [0.2, 0.25) is 13.1 Å². The normalized spacial score (nSPS) is 13.7. The summed E-state index contributed by atoms with van der Waals surface area (Å²) >= 11 is 0. The van der Waals surface area contributed by atoms with Gasteiger partial charge in [-0.05, 0) is 56.5 Å². The molecule has 1 aliphatic heterocycles. The SMILES string of the molecule is C[Si]1(C)c2cc3c(cc2-c2cccc4cccc1c24)c1ccccc1n3-c1nc(-c2ccccc2)c2ccccc2n1. The highest BCUT2D eigenvalue weighted by molar-refractivity contribution is 7.03. The van der Waals surface area contributed by atoms with Crippen LogP contribution >= 0.6 is 0 Å². The van der Waals surface area contributed by atoms with Gasteiger partial charge in [0.05, 0.1) is 22.2 Å². The second-order valence-corrected chi connectivity index (χ2v) is 16.2. The zero-order valence-electron chi connectivity index (χ0n) is 23.5. The molecule has 0 radical (unpaired) electrons. The fourth-order valence-corrected chi connectivity index (χ4v) is 10.3. The summed E-state index contributed by atoms with van der Waals surface area (Å²) in [4.78, 5) is 10.5. The van der Waals surface area contributed by atoms with Gasteiger partial charge in [-0.15, -0.1) is 0 Å². The number of rotatable bonds is 2. The smallest absolute Gasteiger partial charge is 0.235 e. The fourth-order valence-electron chi connectivity index (χ4n) is 7.18. The minimum atomic E-state index is -2.01. The molecule has 6 aromatic carbocycles. The lowest BCUT2D eigenvalue weighted by molar-refractivity contribution is 1.01. The number of benzene rings is 6. The number of hydrogen-bond donors (Lipinski definition) is 0. The average molecular weight is 554 g/mol. The minimum absolute atomic E-state index is 0.705. The van der Waals surface area contributed by atoms with Gasteiger partial charge in [0.25, 0.3) is 0 Å². The Morgan fingerprint density at radius 3 is 2.14 bits per heavy atom. The zero-order valence-corrected chi connectivity index (χ0v) is 24.5. The van der Waals surface area contributed by atoms with Crippen LogP contribution in [0, 0.1) is 0 Å². The van der Waals surface area contributed by atoms with Gasteiger partial charge >= 0.3 is 0 Å². The lowest BCUT2D eigenvalue weighted by Crippen LogP contribution is -2.55. The molecule has 0 aliphatic carbocycles. The third-order valence-corrected chi connectivity index (χ3v) is 12.7.